The molecule has 1 aliphatic rings. The second-order valence-corrected chi connectivity index (χ2v) is 4.19. The summed E-state index contributed by atoms with van der Waals surface area (Å²) >= 11 is 0. The van der Waals surface area contributed by atoms with Crippen LogP contribution in [0.5, 0.6) is 17.2 Å². The molecule has 0 aliphatic heterocycles. The van der Waals surface area contributed by atoms with Gasteiger partial charge >= 0.3 is 0 Å². The van der Waals surface area contributed by atoms with Crippen LogP contribution in [0.2, 0.25) is 0 Å². The van der Waals surface area contributed by atoms with Gasteiger partial charge in [0.05, 0.1) is 27.4 Å². The summed E-state index contributed by atoms with van der Waals surface area (Å²) in [5.41, 5.74) is 1.13. The number of hydrogen-bond acceptors (Lipinski definition) is 5. The molecular formula is C14H16O5. The summed E-state index contributed by atoms with van der Waals surface area (Å²) < 4.78 is 15.7. The Labute approximate surface area is 111 Å². The lowest BCUT2D eigenvalue weighted by Gasteiger charge is -2.14. The second-order valence-electron chi connectivity index (χ2n) is 4.19. The van der Waals surface area contributed by atoms with Crippen molar-refractivity contribution in [2.24, 2.45) is 0 Å². The van der Waals surface area contributed by atoms with Gasteiger partial charge in [-0.2, -0.15) is 0 Å². The number of carbonyl (C=O) groups is 1. The smallest absolute Gasteiger partial charge is 0.203 e. The first-order valence-corrected chi connectivity index (χ1v) is 5.84. The molecule has 1 aliphatic carbocycles. The van der Waals surface area contributed by atoms with E-state index in [1.54, 1.807) is 18.2 Å². The van der Waals surface area contributed by atoms with E-state index in [1.807, 2.05) is 0 Å². The molecule has 2 rings (SSSR count). The molecule has 1 aromatic rings. The lowest BCUT2D eigenvalue weighted by Crippen LogP contribution is -2.02. The molecule has 0 saturated carbocycles. The van der Waals surface area contributed by atoms with Gasteiger partial charge in [-0.15, -0.1) is 0 Å². The molecule has 0 bridgehead atoms. The number of allylic oxidation sites excluding steroid dienone is 1. The first-order valence-electron chi connectivity index (χ1n) is 5.84. The third-order valence-electron chi connectivity index (χ3n) is 3.03. The van der Waals surface area contributed by atoms with Crippen LogP contribution in [-0.2, 0) is 4.79 Å². The number of carbonyl (C=O) groups excluding carboxylic acids is 1. The summed E-state index contributed by atoms with van der Waals surface area (Å²) in [6, 6.07) is 3.40. The maximum atomic E-state index is 11.8. The lowest BCUT2D eigenvalue weighted by molar-refractivity contribution is -0.114. The molecule has 5 heteroatoms. The van der Waals surface area contributed by atoms with Gasteiger partial charge in [-0.05, 0) is 23.8 Å². The van der Waals surface area contributed by atoms with E-state index in [1.165, 1.54) is 21.3 Å². The zero-order valence-electron chi connectivity index (χ0n) is 11.1. The van der Waals surface area contributed by atoms with Crippen LogP contribution in [0.3, 0.4) is 0 Å². The van der Waals surface area contributed by atoms with E-state index in [-0.39, 0.29) is 12.2 Å². The Bertz CT molecular complexity index is 508. The van der Waals surface area contributed by atoms with Crippen molar-refractivity contribution in [2.75, 3.05) is 21.3 Å². The van der Waals surface area contributed by atoms with Crippen LogP contribution >= 0.6 is 0 Å². The Hall–Kier alpha value is -2.01. The van der Waals surface area contributed by atoms with Gasteiger partial charge in [-0.1, -0.05) is 0 Å². The molecule has 0 amide bonds. The van der Waals surface area contributed by atoms with Crippen LogP contribution in [0.4, 0.5) is 0 Å². The molecule has 1 atom stereocenters. The third-order valence-corrected chi connectivity index (χ3v) is 3.03. The van der Waals surface area contributed by atoms with Crippen LogP contribution in [0.1, 0.15) is 12.0 Å². The van der Waals surface area contributed by atoms with Gasteiger partial charge < -0.3 is 19.3 Å². The number of ether oxygens (including phenoxy) is 3. The van der Waals surface area contributed by atoms with Gasteiger partial charge in [0, 0.05) is 12.0 Å². The molecule has 0 aromatic heterocycles. The van der Waals surface area contributed by atoms with Crippen molar-refractivity contribution in [3.05, 3.63) is 23.8 Å². The molecular weight excluding hydrogens is 248 g/mol. The van der Waals surface area contributed by atoms with Crippen LogP contribution in [0.25, 0.3) is 5.57 Å². The van der Waals surface area contributed by atoms with Crippen molar-refractivity contribution in [1.82, 2.24) is 0 Å². The number of aliphatic hydroxyl groups excluding tert-OH is 1. The highest BCUT2D eigenvalue weighted by molar-refractivity contribution is 6.23. The van der Waals surface area contributed by atoms with E-state index in [0.717, 1.165) is 0 Å². The van der Waals surface area contributed by atoms with Crippen molar-refractivity contribution < 1.29 is 24.1 Å². The molecule has 0 radical (unpaired) electrons. The fourth-order valence-electron chi connectivity index (χ4n) is 2.14. The Morgan fingerprint density at radius 3 is 2.05 bits per heavy atom. The zero-order valence-corrected chi connectivity index (χ0v) is 11.1. The molecule has 0 saturated heterocycles. The molecule has 0 heterocycles. The van der Waals surface area contributed by atoms with Gasteiger partial charge in [0.15, 0.2) is 17.3 Å². The van der Waals surface area contributed by atoms with Crippen LogP contribution < -0.4 is 14.2 Å². The Balaban J connectivity index is 2.53. The summed E-state index contributed by atoms with van der Waals surface area (Å²) in [7, 11) is 4.55. The largest absolute Gasteiger partial charge is 0.493 e. The quantitative estimate of drug-likeness (QED) is 0.891. The van der Waals surface area contributed by atoms with Crippen molar-refractivity contribution in [3.8, 4) is 17.2 Å². The van der Waals surface area contributed by atoms with Crippen LogP contribution in [0, 0.1) is 0 Å². The minimum Gasteiger partial charge on any atom is -0.493 e. The summed E-state index contributed by atoms with van der Waals surface area (Å²) in [6.45, 7) is 0. The van der Waals surface area contributed by atoms with Gasteiger partial charge in [0.2, 0.25) is 5.75 Å². The molecule has 0 fully saturated rings. The molecule has 0 spiro atoms. The first-order chi connectivity index (χ1) is 9.10. The van der Waals surface area contributed by atoms with E-state index in [2.05, 4.69) is 0 Å². The summed E-state index contributed by atoms with van der Waals surface area (Å²) in [5.74, 6) is 1.33. The number of methoxy groups -OCH3 is 3. The molecule has 1 N–H and O–H groups in total. The van der Waals surface area contributed by atoms with Crippen molar-refractivity contribution >= 4 is 11.4 Å². The van der Waals surface area contributed by atoms with E-state index in [0.29, 0.717) is 28.4 Å². The standard InChI is InChI=1S/C14H16O5/c1-17-12-4-8(5-13(18-2)14(12)19-3)10-6-9(15)7-11(10)16/h4-6,9,15H,7H2,1-3H3. The van der Waals surface area contributed by atoms with E-state index in [9.17, 15) is 9.90 Å². The summed E-state index contributed by atoms with van der Waals surface area (Å²) in [5, 5.41) is 9.50. The number of rotatable bonds is 4. The molecule has 5 nitrogen and oxygen atoms in total. The fraction of sp³-hybridized carbons (Fsp3) is 0.357. The highest BCUT2D eigenvalue weighted by Gasteiger charge is 2.25. The summed E-state index contributed by atoms with van der Waals surface area (Å²) in [4.78, 5) is 11.8. The van der Waals surface area contributed by atoms with Crippen LogP contribution in [-0.4, -0.2) is 38.3 Å². The predicted molar refractivity (Wildman–Crippen MR) is 69.7 cm³/mol. The van der Waals surface area contributed by atoms with Gasteiger partial charge in [0.1, 0.15) is 0 Å². The van der Waals surface area contributed by atoms with Gasteiger partial charge in [-0.3, -0.25) is 4.79 Å². The number of Topliss-reactive ketones (excluding diaryl/α,β-unsaturated/α-hetero) is 1. The number of aliphatic hydroxyl groups is 1. The normalized spacial score (nSPS) is 18.2. The van der Waals surface area contributed by atoms with Gasteiger partial charge in [0.25, 0.3) is 0 Å². The van der Waals surface area contributed by atoms with E-state index in [4.69, 9.17) is 14.2 Å². The monoisotopic (exact) mass is 264 g/mol. The SMILES string of the molecule is COc1cc(C2=CC(O)CC2=O)cc(OC)c1OC. The third kappa shape index (κ3) is 2.42. The maximum absolute atomic E-state index is 11.8. The summed E-state index contributed by atoms with van der Waals surface area (Å²) in [6.07, 6.45) is 0.941. The zero-order chi connectivity index (χ0) is 14.0. The molecule has 1 aromatic carbocycles. The Morgan fingerprint density at radius 1 is 1.11 bits per heavy atom. The predicted octanol–water partition coefficient (Wildman–Crippen LogP) is 1.43. The molecule has 19 heavy (non-hydrogen) atoms. The van der Waals surface area contributed by atoms with Crippen molar-refractivity contribution in [2.45, 2.75) is 12.5 Å². The average Bonchev–Trinajstić information content (AvgIpc) is 2.75. The molecule has 102 valence electrons. The topological polar surface area (TPSA) is 65.0 Å². The average molecular weight is 264 g/mol. The second kappa shape index (κ2) is 5.32. The molecule has 1 unspecified atom stereocenters. The van der Waals surface area contributed by atoms with Crippen LogP contribution in [0.15, 0.2) is 18.2 Å². The maximum Gasteiger partial charge on any atom is 0.203 e. The number of ketones is 1. The fourth-order valence-corrected chi connectivity index (χ4v) is 2.14. The first kappa shape index (κ1) is 13.4. The minimum atomic E-state index is -0.721. The number of benzene rings is 1. The highest BCUT2D eigenvalue weighted by Crippen LogP contribution is 2.41. The minimum absolute atomic E-state index is 0.0956. The number of hydrogen-bond donors (Lipinski definition) is 1. The van der Waals surface area contributed by atoms with Crippen molar-refractivity contribution in [1.29, 1.82) is 0 Å². The Kier molecular flexibility index (Phi) is 3.76. The van der Waals surface area contributed by atoms with E-state index >= 15 is 0 Å². The lowest BCUT2D eigenvalue weighted by atomic mass is 10.0. The Morgan fingerprint density at radius 2 is 1.68 bits per heavy atom. The van der Waals surface area contributed by atoms with Gasteiger partial charge in [-0.25, -0.2) is 0 Å². The highest BCUT2D eigenvalue weighted by atomic mass is 16.5. The van der Waals surface area contributed by atoms with E-state index < -0.39 is 6.10 Å². The van der Waals surface area contributed by atoms with Crippen molar-refractivity contribution in [3.63, 3.8) is 0 Å².